The third-order valence-electron chi connectivity index (χ3n) is 4.18. The quantitative estimate of drug-likeness (QED) is 0.657. The highest BCUT2D eigenvalue weighted by molar-refractivity contribution is 7.99. The number of fused-ring (bicyclic) bond motifs is 1. The number of carbonyl (C=O) groups excluding carboxylic acids is 1. The number of hydrogen-bond donors (Lipinski definition) is 1. The normalized spacial score (nSPS) is 17.0. The van der Waals surface area contributed by atoms with Gasteiger partial charge in [-0.1, -0.05) is 11.3 Å². The number of nitrogens with one attached hydrogen (secondary N) is 1. The van der Waals surface area contributed by atoms with Gasteiger partial charge >= 0.3 is 0 Å². The molecule has 1 unspecified atom stereocenters. The van der Waals surface area contributed by atoms with Crippen molar-refractivity contribution >= 4 is 54.2 Å². The second-order valence-electron chi connectivity index (χ2n) is 6.36. The summed E-state index contributed by atoms with van der Waals surface area (Å²) in [6.07, 6.45) is 3.81. The van der Waals surface area contributed by atoms with Crippen molar-refractivity contribution < 1.29 is 17.9 Å². The summed E-state index contributed by atoms with van der Waals surface area (Å²) >= 11 is 3.07. The van der Waals surface area contributed by atoms with Crippen molar-refractivity contribution in [3.8, 4) is 5.88 Å². The van der Waals surface area contributed by atoms with Crippen molar-refractivity contribution in [3.63, 3.8) is 0 Å². The van der Waals surface area contributed by atoms with Crippen molar-refractivity contribution in [3.05, 3.63) is 42.1 Å². The summed E-state index contributed by atoms with van der Waals surface area (Å²) < 4.78 is 29.9. The summed E-state index contributed by atoms with van der Waals surface area (Å²) in [6.45, 7) is 0. The molecule has 1 aliphatic heterocycles. The molecule has 4 rings (SSSR count). The molecule has 2 aromatic heterocycles. The average molecular weight is 436 g/mol. The average Bonchev–Trinajstić information content (AvgIpc) is 3.29. The van der Waals surface area contributed by atoms with Crippen molar-refractivity contribution in [2.45, 2.75) is 17.4 Å². The number of benzene rings is 1. The Morgan fingerprint density at radius 1 is 1.29 bits per heavy atom. The molecule has 3 aromatic rings. The van der Waals surface area contributed by atoms with Gasteiger partial charge in [-0.3, -0.25) is 10.1 Å². The van der Waals surface area contributed by atoms with E-state index < -0.39 is 9.84 Å². The Labute approximate surface area is 170 Å². The molecule has 1 fully saturated rings. The first-order valence-corrected chi connectivity index (χ1v) is 12.4. The van der Waals surface area contributed by atoms with Crippen molar-refractivity contribution in [1.29, 1.82) is 0 Å². The molecule has 3 heterocycles. The van der Waals surface area contributed by atoms with Crippen LogP contribution in [0.2, 0.25) is 0 Å². The van der Waals surface area contributed by atoms with E-state index in [2.05, 4.69) is 15.3 Å². The van der Waals surface area contributed by atoms with Crippen LogP contribution in [0.3, 0.4) is 0 Å². The maximum absolute atomic E-state index is 12.6. The van der Waals surface area contributed by atoms with Crippen LogP contribution in [0.5, 0.6) is 5.88 Å². The Kier molecular flexibility index (Phi) is 5.26. The first-order chi connectivity index (χ1) is 13.4. The number of thioether (sulfide) groups is 1. The molecule has 1 amide bonds. The van der Waals surface area contributed by atoms with E-state index in [9.17, 15) is 13.2 Å². The van der Waals surface area contributed by atoms with E-state index in [-0.39, 0.29) is 16.9 Å². The largest absolute Gasteiger partial charge is 0.473 e. The number of hydrogen-bond acceptors (Lipinski definition) is 8. The molecule has 0 saturated carbocycles. The number of amides is 1. The Bertz CT molecular complexity index is 1140. The fraction of sp³-hybridized carbons (Fsp3) is 0.278. The summed E-state index contributed by atoms with van der Waals surface area (Å²) in [7, 11) is -3.30. The minimum atomic E-state index is -3.30. The van der Waals surface area contributed by atoms with Crippen molar-refractivity contribution in [2.75, 3.05) is 23.1 Å². The van der Waals surface area contributed by atoms with Crippen LogP contribution in [0, 0.1) is 0 Å². The Balaban J connectivity index is 1.51. The highest BCUT2D eigenvalue weighted by atomic mass is 32.2. The predicted molar refractivity (Wildman–Crippen MR) is 111 cm³/mol. The molecule has 7 nitrogen and oxygen atoms in total. The van der Waals surface area contributed by atoms with E-state index in [1.807, 2.05) is 11.8 Å². The van der Waals surface area contributed by atoms with Crippen LogP contribution in [0.25, 0.3) is 10.2 Å². The zero-order valence-electron chi connectivity index (χ0n) is 14.9. The van der Waals surface area contributed by atoms with Crippen LogP contribution in [0.1, 0.15) is 16.8 Å². The molecule has 1 aromatic carbocycles. The van der Waals surface area contributed by atoms with Crippen molar-refractivity contribution in [1.82, 2.24) is 9.97 Å². The van der Waals surface area contributed by atoms with Gasteiger partial charge in [0.15, 0.2) is 15.0 Å². The van der Waals surface area contributed by atoms with Gasteiger partial charge < -0.3 is 4.74 Å². The second-order valence-corrected chi connectivity index (χ2v) is 10.6. The first kappa shape index (κ1) is 19.2. The molecule has 0 spiro atoms. The van der Waals surface area contributed by atoms with Crippen LogP contribution in [0.4, 0.5) is 5.13 Å². The second kappa shape index (κ2) is 7.69. The maximum Gasteiger partial charge on any atom is 0.257 e. The van der Waals surface area contributed by atoms with Gasteiger partial charge in [0.1, 0.15) is 6.10 Å². The Hall–Kier alpha value is -2.17. The number of carbonyl (C=O) groups is 1. The third kappa shape index (κ3) is 4.29. The number of rotatable bonds is 5. The number of aromatic nitrogens is 2. The van der Waals surface area contributed by atoms with Crippen LogP contribution in [-0.2, 0) is 9.84 Å². The lowest BCUT2D eigenvalue weighted by Gasteiger charge is -2.11. The Morgan fingerprint density at radius 3 is 2.89 bits per heavy atom. The minimum Gasteiger partial charge on any atom is -0.473 e. The van der Waals surface area contributed by atoms with Gasteiger partial charge in [0.25, 0.3) is 5.91 Å². The standard InChI is InChI=1S/C18H17N3O4S3/c1-28(23,24)13-2-3-14-15(9-13)27-18(20-14)21-17(22)11-4-6-19-16(8-11)25-12-5-7-26-10-12/h2-4,6,8-9,12H,5,7,10H2,1H3,(H,20,21,22). The fourth-order valence-electron chi connectivity index (χ4n) is 2.75. The summed E-state index contributed by atoms with van der Waals surface area (Å²) in [5, 5.41) is 3.16. The summed E-state index contributed by atoms with van der Waals surface area (Å²) in [5.74, 6) is 2.11. The van der Waals surface area contributed by atoms with Crippen LogP contribution in [-0.4, -0.2) is 48.2 Å². The lowest BCUT2D eigenvalue weighted by atomic mass is 10.2. The molecule has 0 bridgehead atoms. The van der Waals surface area contributed by atoms with Gasteiger partial charge in [0.2, 0.25) is 5.88 Å². The smallest absolute Gasteiger partial charge is 0.257 e. The van der Waals surface area contributed by atoms with Crippen LogP contribution >= 0.6 is 23.1 Å². The van der Waals surface area contributed by atoms with E-state index in [1.54, 1.807) is 30.5 Å². The molecule has 1 N–H and O–H groups in total. The van der Waals surface area contributed by atoms with Crippen LogP contribution in [0.15, 0.2) is 41.4 Å². The zero-order valence-corrected chi connectivity index (χ0v) is 17.4. The number of pyridine rings is 1. The molecular weight excluding hydrogens is 418 g/mol. The van der Waals surface area contributed by atoms with Gasteiger partial charge in [-0.15, -0.1) is 0 Å². The predicted octanol–water partition coefficient (Wildman–Crippen LogP) is 3.23. The third-order valence-corrected chi connectivity index (χ3v) is 7.36. The van der Waals surface area contributed by atoms with E-state index in [0.717, 1.165) is 24.2 Å². The number of ether oxygens (including phenoxy) is 1. The first-order valence-electron chi connectivity index (χ1n) is 8.51. The number of thiazole rings is 1. The molecular formula is C18H17N3O4S3. The Morgan fingerprint density at radius 2 is 2.14 bits per heavy atom. The molecule has 1 atom stereocenters. The summed E-state index contributed by atoms with van der Waals surface area (Å²) in [6, 6.07) is 7.94. The number of nitrogens with zero attached hydrogens (tertiary/aromatic N) is 2. The van der Waals surface area contributed by atoms with Gasteiger partial charge in [0.05, 0.1) is 15.1 Å². The van der Waals surface area contributed by atoms with Gasteiger partial charge in [-0.25, -0.2) is 18.4 Å². The maximum atomic E-state index is 12.6. The van der Waals surface area contributed by atoms with E-state index in [0.29, 0.717) is 26.8 Å². The minimum absolute atomic E-state index is 0.129. The molecule has 0 radical (unpaired) electrons. The van der Waals surface area contributed by atoms with E-state index in [1.165, 1.54) is 17.4 Å². The van der Waals surface area contributed by atoms with Gasteiger partial charge in [-0.05, 0) is 36.4 Å². The fourth-order valence-corrected chi connectivity index (χ4v) is 5.47. The lowest BCUT2D eigenvalue weighted by Crippen LogP contribution is -2.17. The topological polar surface area (TPSA) is 98.2 Å². The zero-order chi connectivity index (χ0) is 19.7. The number of sulfone groups is 1. The molecule has 10 heteroatoms. The molecule has 28 heavy (non-hydrogen) atoms. The summed E-state index contributed by atoms with van der Waals surface area (Å²) in [4.78, 5) is 21.3. The molecule has 0 aliphatic carbocycles. The molecule has 146 valence electrons. The SMILES string of the molecule is CS(=O)(=O)c1ccc2nc(NC(=O)c3ccnc(OC4CCSC4)c3)sc2c1. The highest BCUT2D eigenvalue weighted by Gasteiger charge is 2.19. The lowest BCUT2D eigenvalue weighted by molar-refractivity contribution is 0.102. The van der Waals surface area contributed by atoms with Crippen LogP contribution < -0.4 is 10.1 Å². The molecule has 1 aliphatic rings. The van der Waals surface area contributed by atoms with E-state index in [4.69, 9.17) is 4.74 Å². The summed E-state index contributed by atoms with van der Waals surface area (Å²) in [5.41, 5.74) is 1.05. The van der Waals surface area contributed by atoms with E-state index >= 15 is 0 Å². The monoisotopic (exact) mass is 435 g/mol. The number of anilines is 1. The molecule has 1 saturated heterocycles. The van der Waals surface area contributed by atoms with Crippen molar-refractivity contribution in [2.24, 2.45) is 0 Å². The highest BCUT2D eigenvalue weighted by Crippen LogP contribution is 2.29. The van der Waals surface area contributed by atoms with Gasteiger partial charge in [0, 0.05) is 29.8 Å². The van der Waals surface area contributed by atoms with Gasteiger partial charge in [-0.2, -0.15) is 11.8 Å².